The van der Waals surface area contributed by atoms with E-state index < -0.39 is 12.1 Å². The summed E-state index contributed by atoms with van der Waals surface area (Å²) >= 11 is 0. The molecule has 0 fully saturated rings. The molecule has 3 amide bonds. The van der Waals surface area contributed by atoms with Crippen LogP contribution in [0, 0.1) is 0 Å². The molecule has 0 unspecified atom stereocenters. The van der Waals surface area contributed by atoms with Gasteiger partial charge in [-0.15, -0.1) is 0 Å². The molecular weight excluding hydrogens is 268 g/mol. The molecule has 2 rings (SSSR count). The zero-order valence-electron chi connectivity index (χ0n) is 11.2. The summed E-state index contributed by atoms with van der Waals surface area (Å²) in [6.07, 6.45) is 0. The third-order valence-corrected chi connectivity index (χ3v) is 2.86. The normalized spacial score (nSPS) is 11.5. The molecule has 6 nitrogen and oxygen atoms in total. The van der Waals surface area contributed by atoms with Gasteiger partial charge in [-0.2, -0.15) is 0 Å². The van der Waals surface area contributed by atoms with E-state index in [0.717, 1.165) is 5.56 Å². The molecule has 2 aromatic carbocycles. The van der Waals surface area contributed by atoms with Crippen LogP contribution in [0.2, 0.25) is 0 Å². The molecule has 2 aromatic rings. The summed E-state index contributed by atoms with van der Waals surface area (Å²) in [6.45, 7) is 0. The molecule has 0 spiro atoms. The average molecular weight is 284 g/mol. The van der Waals surface area contributed by atoms with Gasteiger partial charge in [0.15, 0.2) is 0 Å². The maximum absolute atomic E-state index is 12.0. The first kappa shape index (κ1) is 14.5. The maximum atomic E-state index is 12.0. The van der Waals surface area contributed by atoms with E-state index in [4.69, 9.17) is 11.5 Å². The van der Waals surface area contributed by atoms with E-state index in [1.54, 1.807) is 36.4 Å². The molecule has 0 aromatic heterocycles. The van der Waals surface area contributed by atoms with Crippen molar-refractivity contribution in [1.82, 2.24) is 0 Å². The molecule has 0 bridgehead atoms. The number of benzene rings is 2. The molecule has 21 heavy (non-hydrogen) atoms. The number of hydrogen-bond acceptors (Lipinski definition) is 3. The van der Waals surface area contributed by atoms with Crippen LogP contribution >= 0.6 is 0 Å². The van der Waals surface area contributed by atoms with Crippen LogP contribution in [0.3, 0.4) is 0 Å². The van der Waals surface area contributed by atoms with Gasteiger partial charge >= 0.3 is 6.03 Å². The van der Waals surface area contributed by atoms with E-state index in [0.29, 0.717) is 11.4 Å². The van der Waals surface area contributed by atoms with Crippen molar-refractivity contribution in [3.8, 4) is 0 Å². The van der Waals surface area contributed by atoms with Crippen LogP contribution in [-0.2, 0) is 4.79 Å². The Morgan fingerprint density at radius 1 is 0.857 bits per heavy atom. The Morgan fingerprint density at radius 2 is 1.38 bits per heavy atom. The summed E-state index contributed by atoms with van der Waals surface area (Å²) in [7, 11) is 0. The van der Waals surface area contributed by atoms with Crippen LogP contribution in [-0.4, -0.2) is 11.9 Å². The Balaban J connectivity index is 2.01. The predicted molar refractivity (Wildman–Crippen MR) is 81.6 cm³/mol. The topological polar surface area (TPSA) is 110 Å². The van der Waals surface area contributed by atoms with Gasteiger partial charge in [0.25, 0.3) is 0 Å². The van der Waals surface area contributed by atoms with E-state index in [1.165, 1.54) is 0 Å². The van der Waals surface area contributed by atoms with Gasteiger partial charge in [0, 0.05) is 11.4 Å². The molecule has 1 atom stereocenters. The van der Waals surface area contributed by atoms with Crippen molar-refractivity contribution in [1.29, 1.82) is 0 Å². The second-order valence-corrected chi connectivity index (χ2v) is 4.44. The molecule has 0 saturated heterocycles. The molecule has 0 aliphatic carbocycles. The quantitative estimate of drug-likeness (QED) is 0.687. The first-order valence-corrected chi connectivity index (χ1v) is 6.34. The van der Waals surface area contributed by atoms with Crippen LogP contribution in [0.1, 0.15) is 11.6 Å². The number of hydrogen-bond donors (Lipinski definition) is 4. The van der Waals surface area contributed by atoms with E-state index in [-0.39, 0.29) is 5.91 Å². The van der Waals surface area contributed by atoms with E-state index in [2.05, 4.69) is 10.6 Å². The summed E-state index contributed by atoms with van der Waals surface area (Å²) in [4.78, 5) is 22.8. The largest absolute Gasteiger partial charge is 0.351 e. The zero-order chi connectivity index (χ0) is 15.2. The lowest BCUT2D eigenvalue weighted by Gasteiger charge is -2.13. The van der Waals surface area contributed by atoms with Gasteiger partial charge in [-0.3, -0.25) is 4.79 Å². The van der Waals surface area contributed by atoms with Crippen molar-refractivity contribution in [2.24, 2.45) is 11.5 Å². The molecule has 6 heteroatoms. The van der Waals surface area contributed by atoms with Gasteiger partial charge in [-0.05, 0) is 29.8 Å². The second-order valence-electron chi connectivity index (χ2n) is 4.44. The van der Waals surface area contributed by atoms with Crippen LogP contribution < -0.4 is 22.1 Å². The molecule has 0 aliphatic heterocycles. The van der Waals surface area contributed by atoms with Crippen molar-refractivity contribution >= 4 is 23.3 Å². The minimum Gasteiger partial charge on any atom is -0.351 e. The minimum absolute atomic E-state index is 0.309. The predicted octanol–water partition coefficient (Wildman–Crippen LogP) is 1.82. The lowest BCUT2D eigenvalue weighted by molar-refractivity contribution is -0.117. The van der Waals surface area contributed by atoms with Gasteiger partial charge in [-0.1, -0.05) is 30.3 Å². The summed E-state index contributed by atoms with van der Waals surface area (Å²) in [5.74, 6) is -0.309. The Morgan fingerprint density at radius 3 is 1.90 bits per heavy atom. The number of rotatable bonds is 4. The first-order valence-electron chi connectivity index (χ1n) is 6.34. The summed E-state index contributed by atoms with van der Waals surface area (Å²) in [6, 6.07) is 14.3. The average Bonchev–Trinajstić information content (AvgIpc) is 2.49. The van der Waals surface area contributed by atoms with Gasteiger partial charge in [-0.25, -0.2) is 4.79 Å². The number of urea groups is 1. The SMILES string of the molecule is NC(=O)Nc1ccc(NC(=O)[C@H](N)c2ccccc2)cc1. The summed E-state index contributed by atoms with van der Waals surface area (Å²) in [5, 5.41) is 5.15. The van der Waals surface area contributed by atoms with Crippen LogP contribution in [0.25, 0.3) is 0 Å². The number of carbonyl (C=O) groups excluding carboxylic acids is 2. The van der Waals surface area contributed by atoms with Crippen LogP contribution in [0.15, 0.2) is 54.6 Å². The van der Waals surface area contributed by atoms with Gasteiger partial charge in [0.1, 0.15) is 6.04 Å². The molecule has 6 N–H and O–H groups in total. The summed E-state index contributed by atoms with van der Waals surface area (Å²) in [5.41, 5.74) is 12.8. The van der Waals surface area contributed by atoms with Crippen molar-refractivity contribution in [2.75, 3.05) is 10.6 Å². The second kappa shape index (κ2) is 6.53. The molecule has 108 valence electrons. The highest BCUT2D eigenvalue weighted by Crippen LogP contribution is 2.16. The highest BCUT2D eigenvalue weighted by Gasteiger charge is 2.15. The number of anilines is 2. The number of nitrogens with two attached hydrogens (primary N) is 2. The monoisotopic (exact) mass is 284 g/mol. The lowest BCUT2D eigenvalue weighted by Crippen LogP contribution is -2.27. The fourth-order valence-electron chi connectivity index (χ4n) is 1.81. The van der Waals surface area contributed by atoms with E-state index >= 15 is 0 Å². The summed E-state index contributed by atoms with van der Waals surface area (Å²) < 4.78 is 0. The Labute approximate surface area is 122 Å². The first-order chi connectivity index (χ1) is 10.1. The zero-order valence-corrected chi connectivity index (χ0v) is 11.2. The van der Waals surface area contributed by atoms with Crippen molar-refractivity contribution in [2.45, 2.75) is 6.04 Å². The molecule has 0 heterocycles. The molecule has 0 aliphatic rings. The molecule has 0 radical (unpaired) electrons. The molecular formula is C15H16N4O2. The number of carbonyl (C=O) groups is 2. The Kier molecular flexibility index (Phi) is 4.53. The lowest BCUT2D eigenvalue weighted by atomic mass is 10.1. The van der Waals surface area contributed by atoms with E-state index in [9.17, 15) is 9.59 Å². The Bertz CT molecular complexity index is 626. The van der Waals surface area contributed by atoms with Crippen molar-refractivity contribution in [3.05, 3.63) is 60.2 Å². The van der Waals surface area contributed by atoms with Crippen LogP contribution in [0.5, 0.6) is 0 Å². The highest BCUT2D eigenvalue weighted by atomic mass is 16.2. The standard InChI is InChI=1S/C15H16N4O2/c16-13(10-4-2-1-3-5-10)14(20)18-11-6-8-12(9-7-11)19-15(17)21/h1-9,13H,16H2,(H,18,20)(H3,17,19,21)/t13-/m1/s1. The van der Waals surface area contributed by atoms with Crippen molar-refractivity contribution in [3.63, 3.8) is 0 Å². The number of nitrogens with one attached hydrogen (secondary N) is 2. The van der Waals surface area contributed by atoms with Gasteiger partial charge in [0.05, 0.1) is 0 Å². The van der Waals surface area contributed by atoms with Gasteiger partial charge in [0.2, 0.25) is 5.91 Å². The fourth-order valence-corrected chi connectivity index (χ4v) is 1.81. The minimum atomic E-state index is -0.741. The third kappa shape index (κ3) is 4.05. The Hall–Kier alpha value is -2.86. The van der Waals surface area contributed by atoms with Crippen LogP contribution in [0.4, 0.5) is 16.2 Å². The maximum Gasteiger partial charge on any atom is 0.316 e. The fraction of sp³-hybridized carbons (Fsp3) is 0.0667. The van der Waals surface area contributed by atoms with Crippen molar-refractivity contribution < 1.29 is 9.59 Å². The molecule has 0 saturated carbocycles. The third-order valence-electron chi connectivity index (χ3n) is 2.86. The number of primary amides is 1. The van der Waals surface area contributed by atoms with E-state index in [1.807, 2.05) is 18.2 Å². The highest BCUT2D eigenvalue weighted by molar-refractivity contribution is 5.95. The number of amides is 3. The smallest absolute Gasteiger partial charge is 0.316 e. The van der Waals surface area contributed by atoms with Gasteiger partial charge < -0.3 is 22.1 Å².